The molecule has 1 aromatic heterocycles. The van der Waals surface area contributed by atoms with Gasteiger partial charge in [0, 0.05) is 25.4 Å². The van der Waals surface area contributed by atoms with E-state index in [9.17, 15) is 18.3 Å². The van der Waals surface area contributed by atoms with Crippen molar-refractivity contribution in [3.8, 4) is 0 Å². The van der Waals surface area contributed by atoms with Crippen LogP contribution in [0, 0.1) is 0 Å². The number of carbonyl (C=O) groups is 1. The van der Waals surface area contributed by atoms with Crippen molar-refractivity contribution in [3.05, 3.63) is 11.6 Å². The maximum Gasteiger partial charge on any atom is 0.326 e. The molecule has 0 spiro atoms. The molecule has 8 nitrogen and oxygen atoms in total. The molecule has 2 aliphatic heterocycles. The molecular formula is C12H18N4O4S. The van der Waals surface area contributed by atoms with Crippen molar-refractivity contribution in [1.29, 1.82) is 0 Å². The summed E-state index contributed by atoms with van der Waals surface area (Å²) in [6, 6.07) is -0.585. The first-order valence-electron chi connectivity index (χ1n) is 6.99. The van der Waals surface area contributed by atoms with Crippen LogP contribution in [0.15, 0.2) is 0 Å². The smallest absolute Gasteiger partial charge is 0.326 e. The van der Waals surface area contributed by atoms with Gasteiger partial charge in [-0.05, 0) is 19.3 Å². The SMILES string of the molecule is CS(=O)(=O)N1CCC(c2nnc3n2C(C(=O)O)CC3)CC1. The van der Waals surface area contributed by atoms with E-state index in [4.69, 9.17) is 0 Å². The predicted molar refractivity (Wildman–Crippen MR) is 73.4 cm³/mol. The maximum atomic E-state index is 11.5. The Kier molecular flexibility index (Phi) is 3.48. The van der Waals surface area contributed by atoms with Gasteiger partial charge in [0.25, 0.3) is 0 Å². The van der Waals surface area contributed by atoms with Gasteiger partial charge in [-0.3, -0.25) is 0 Å². The minimum absolute atomic E-state index is 0.0733. The van der Waals surface area contributed by atoms with E-state index in [-0.39, 0.29) is 5.92 Å². The lowest BCUT2D eigenvalue weighted by Crippen LogP contribution is -2.37. The van der Waals surface area contributed by atoms with Crippen molar-refractivity contribution in [3.63, 3.8) is 0 Å². The molecule has 1 fully saturated rings. The minimum atomic E-state index is -3.16. The fraction of sp³-hybridized carbons (Fsp3) is 0.750. The van der Waals surface area contributed by atoms with Gasteiger partial charge in [0.15, 0.2) is 0 Å². The topological polar surface area (TPSA) is 105 Å². The standard InChI is InChI=1S/C12H18N4O4S/c1-21(19,20)15-6-4-8(5-7-15)11-14-13-10-3-2-9(12(17)18)16(10)11/h8-9H,2-7H2,1H3,(H,17,18). The van der Waals surface area contributed by atoms with Gasteiger partial charge < -0.3 is 9.67 Å². The van der Waals surface area contributed by atoms with E-state index in [1.807, 2.05) is 0 Å². The highest BCUT2D eigenvalue weighted by molar-refractivity contribution is 7.88. The fourth-order valence-electron chi connectivity index (χ4n) is 3.20. The number of aryl methyl sites for hydroxylation is 1. The first kappa shape index (κ1) is 14.5. The quantitative estimate of drug-likeness (QED) is 0.841. The summed E-state index contributed by atoms with van der Waals surface area (Å²) >= 11 is 0. The van der Waals surface area contributed by atoms with E-state index in [1.54, 1.807) is 4.57 Å². The average Bonchev–Trinajstić information content (AvgIpc) is 2.98. The number of carboxylic acids is 1. The summed E-state index contributed by atoms with van der Waals surface area (Å²) in [5, 5.41) is 17.5. The Bertz CT molecular complexity index is 661. The Balaban J connectivity index is 1.80. The van der Waals surface area contributed by atoms with Gasteiger partial charge in [0.05, 0.1) is 6.26 Å². The summed E-state index contributed by atoms with van der Waals surface area (Å²) in [5.74, 6) is 0.638. The van der Waals surface area contributed by atoms with Crippen molar-refractivity contribution >= 4 is 16.0 Å². The molecule has 1 saturated heterocycles. The molecule has 1 atom stereocenters. The number of nitrogens with zero attached hydrogens (tertiary/aromatic N) is 4. The zero-order valence-electron chi connectivity index (χ0n) is 11.8. The number of hydrogen-bond acceptors (Lipinski definition) is 5. The number of hydrogen-bond donors (Lipinski definition) is 1. The van der Waals surface area contributed by atoms with E-state index in [0.717, 1.165) is 5.82 Å². The molecule has 21 heavy (non-hydrogen) atoms. The van der Waals surface area contributed by atoms with Crippen LogP contribution in [0.25, 0.3) is 0 Å². The molecule has 0 amide bonds. The number of fused-ring (bicyclic) bond motifs is 1. The van der Waals surface area contributed by atoms with Crippen LogP contribution < -0.4 is 0 Å². The van der Waals surface area contributed by atoms with E-state index >= 15 is 0 Å². The van der Waals surface area contributed by atoms with Gasteiger partial charge in [-0.25, -0.2) is 17.5 Å². The Hall–Kier alpha value is -1.48. The number of aromatic nitrogens is 3. The highest BCUT2D eigenvalue weighted by atomic mass is 32.2. The van der Waals surface area contributed by atoms with Crippen molar-refractivity contribution < 1.29 is 18.3 Å². The highest BCUT2D eigenvalue weighted by Crippen LogP contribution is 2.34. The number of rotatable bonds is 3. The van der Waals surface area contributed by atoms with Crippen molar-refractivity contribution in [2.24, 2.45) is 0 Å². The van der Waals surface area contributed by atoms with Crippen LogP contribution in [0.1, 0.15) is 42.9 Å². The first-order valence-corrected chi connectivity index (χ1v) is 8.84. The maximum absolute atomic E-state index is 11.5. The number of carboxylic acid groups (broad SMARTS) is 1. The lowest BCUT2D eigenvalue weighted by molar-refractivity contribution is -0.140. The van der Waals surface area contributed by atoms with Gasteiger partial charge in [0.2, 0.25) is 10.0 Å². The van der Waals surface area contributed by atoms with Crippen LogP contribution in [0.5, 0.6) is 0 Å². The molecule has 0 saturated carbocycles. The number of piperidine rings is 1. The van der Waals surface area contributed by atoms with Crippen LogP contribution in [0.2, 0.25) is 0 Å². The van der Waals surface area contributed by atoms with E-state index in [1.165, 1.54) is 10.6 Å². The summed E-state index contributed by atoms with van der Waals surface area (Å²) < 4.78 is 26.2. The first-order chi connectivity index (χ1) is 9.88. The van der Waals surface area contributed by atoms with Gasteiger partial charge in [0.1, 0.15) is 17.7 Å². The molecule has 1 unspecified atom stereocenters. The summed E-state index contributed by atoms with van der Waals surface area (Å²) in [4.78, 5) is 11.3. The molecule has 3 rings (SSSR count). The fourth-order valence-corrected chi connectivity index (χ4v) is 4.07. The number of aliphatic carboxylic acids is 1. The van der Waals surface area contributed by atoms with Crippen molar-refractivity contribution in [2.75, 3.05) is 19.3 Å². The molecule has 1 N–H and O–H groups in total. The molecule has 116 valence electrons. The lowest BCUT2D eigenvalue weighted by atomic mass is 9.97. The van der Waals surface area contributed by atoms with Crippen molar-refractivity contribution in [2.45, 2.75) is 37.6 Å². The molecule has 1 aromatic rings. The van der Waals surface area contributed by atoms with Crippen LogP contribution in [0.3, 0.4) is 0 Å². The normalized spacial score (nSPS) is 24.1. The third-order valence-corrected chi connectivity index (χ3v) is 5.62. The Labute approximate surface area is 122 Å². The van der Waals surface area contributed by atoms with Crippen LogP contribution >= 0.6 is 0 Å². The Morgan fingerprint density at radius 1 is 1.24 bits per heavy atom. The van der Waals surface area contributed by atoms with Crippen LogP contribution in [-0.4, -0.2) is 57.9 Å². The van der Waals surface area contributed by atoms with Gasteiger partial charge >= 0.3 is 5.97 Å². The van der Waals surface area contributed by atoms with E-state index in [2.05, 4.69) is 10.2 Å². The minimum Gasteiger partial charge on any atom is -0.480 e. The second-order valence-electron chi connectivity index (χ2n) is 5.67. The molecule has 9 heteroatoms. The molecule has 0 aromatic carbocycles. The monoisotopic (exact) mass is 314 g/mol. The number of sulfonamides is 1. The Morgan fingerprint density at radius 3 is 2.48 bits per heavy atom. The van der Waals surface area contributed by atoms with Gasteiger partial charge in [-0.2, -0.15) is 0 Å². The molecular weight excluding hydrogens is 296 g/mol. The van der Waals surface area contributed by atoms with Gasteiger partial charge in [-0.1, -0.05) is 0 Å². The van der Waals surface area contributed by atoms with Gasteiger partial charge in [-0.15, -0.1) is 10.2 Å². The summed E-state index contributed by atoms with van der Waals surface area (Å²) in [7, 11) is -3.16. The molecule has 0 aliphatic carbocycles. The zero-order valence-corrected chi connectivity index (χ0v) is 12.6. The van der Waals surface area contributed by atoms with Crippen LogP contribution in [0.4, 0.5) is 0 Å². The summed E-state index contributed by atoms with van der Waals surface area (Å²) in [6.45, 7) is 0.896. The average molecular weight is 314 g/mol. The summed E-state index contributed by atoms with van der Waals surface area (Å²) in [6.07, 6.45) is 3.69. The van der Waals surface area contributed by atoms with E-state index in [0.29, 0.717) is 44.6 Å². The highest BCUT2D eigenvalue weighted by Gasteiger charge is 2.36. The Morgan fingerprint density at radius 2 is 1.90 bits per heavy atom. The van der Waals surface area contributed by atoms with E-state index < -0.39 is 22.0 Å². The molecule has 0 bridgehead atoms. The largest absolute Gasteiger partial charge is 0.480 e. The third kappa shape index (κ3) is 2.55. The molecule has 0 radical (unpaired) electrons. The molecule has 2 aliphatic rings. The molecule has 3 heterocycles. The second kappa shape index (κ2) is 5.06. The predicted octanol–water partition coefficient (Wildman–Crippen LogP) is -0.0110. The lowest BCUT2D eigenvalue weighted by Gasteiger charge is -2.30. The van der Waals surface area contributed by atoms with Crippen LogP contribution in [-0.2, 0) is 21.2 Å². The third-order valence-electron chi connectivity index (χ3n) is 4.32. The zero-order chi connectivity index (χ0) is 15.2. The summed E-state index contributed by atoms with van der Waals surface area (Å²) in [5.41, 5.74) is 0. The second-order valence-corrected chi connectivity index (χ2v) is 7.66. The van der Waals surface area contributed by atoms with Crippen molar-refractivity contribution in [1.82, 2.24) is 19.1 Å².